The lowest BCUT2D eigenvalue weighted by Gasteiger charge is -2.25. The first-order valence-electron chi connectivity index (χ1n) is 8.72. The van der Waals surface area contributed by atoms with Gasteiger partial charge in [-0.1, -0.05) is 23.8 Å². The molecule has 0 saturated heterocycles. The van der Waals surface area contributed by atoms with Gasteiger partial charge in [0, 0.05) is 10.4 Å². The number of carbonyl (C=O) groups is 1. The van der Waals surface area contributed by atoms with Crippen LogP contribution in [0.1, 0.15) is 32.4 Å². The number of carbonyl (C=O) groups excluding carboxylic acids is 1. The summed E-state index contributed by atoms with van der Waals surface area (Å²) in [7, 11) is 1.65. The van der Waals surface area contributed by atoms with Crippen molar-refractivity contribution in [2.24, 2.45) is 0 Å². The minimum absolute atomic E-state index is 0.0446. The lowest BCUT2D eigenvalue weighted by Crippen LogP contribution is -2.39. The number of benzene rings is 2. The molecule has 1 N–H and O–H groups in total. The Kier molecular flexibility index (Phi) is 4.69. The summed E-state index contributed by atoms with van der Waals surface area (Å²) in [4.78, 5) is 14.3. The second-order valence-corrected chi connectivity index (χ2v) is 7.40. The number of nitrogens with one attached hydrogen (secondary N) is 1. The Labute approximate surface area is 162 Å². The normalized spacial score (nSPS) is 16.0. The smallest absolute Gasteiger partial charge is 0.273 e. The van der Waals surface area contributed by atoms with Gasteiger partial charge in [0.25, 0.3) is 5.91 Å². The van der Waals surface area contributed by atoms with Crippen LogP contribution in [0.5, 0.6) is 5.75 Å². The first kappa shape index (κ1) is 17.4. The predicted molar refractivity (Wildman–Crippen MR) is 109 cm³/mol. The van der Waals surface area contributed by atoms with Gasteiger partial charge in [-0.25, -0.2) is 5.01 Å². The number of nitrogens with zero attached hydrogens (tertiary/aromatic N) is 1. The zero-order valence-corrected chi connectivity index (χ0v) is 16.0. The number of hydrogen-bond acceptors (Lipinski definition) is 4. The molecule has 0 spiro atoms. The summed E-state index contributed by atoms with van der Waals surface area (Å²) in [5.74, 6) is 0.761. The number of methoxy groups -OCH3 is 1. The largest absolute Gasteiger partial charge is 0.497 e. The topological polar surface area (TPSA) is 41.6 Å². The average Bonchev–Trinajstić information content (AvgIpc) is 3.37. The van der Waals surface area contributed by atoms with Gasteiger partial charge in [0.2, 0.25) is 0 Å². The molecule has 1 aliphatic heterocycles. The monoisotopic (exact) mass is 376 g/mol. The maximum absolute atomic E-state index is 13.2. The molecular weight excluding hydrogens is 356 g/mol. The third-order valence-corrected chi connectivity index (χ3v) is 5.51. The fraction of sp³-hybridized carbons (Fsp3) is 0.136. The molecule has 0 saturated carbocycles. The molecule has 136 valence electrons. The molecule has 1 unspecified atom stereocenters. The van der Waals surface area contributed by atoms with E-state index in [0.29, 0.717) is 5.56 Å². The van der Waals surface area contributed by atoms with Crippen LogP contribution in [0.4, 0.5) is 0 Å². The summed E-state index contributed by atoms with van der Waals surface area (Å²) >= 11 is 1.64. The van der Waals surface area contributed by atoms with Crippen LogP contribution in [-0.2, 0) is 0 Å². The number of ether oxygens (including phenoxy) is 1. The number of hydrogen-bond donors (Lipinski definition) is 1. The second-order valence-electron chi connectivity index (χ2n) is 6.43. The number of hydrazine groups is 1. The molecule has 5 heteroatoms. The van der Waals surface area contributed by atoms with Crippen LogP contribution in [-0.4, -0.2) is 18.0 Å². The lowest BCUT2D eigenvalue weighted by molar-refractivity contribution is 0.0675. The van der Waals surface area contributed by atoms with Crippen LogP contribution >= 0.6 is 11.3 Å². The summed E-state index contributed by atoms with van der Waals surface area (Å²) in [6.07, 6.45) is 2.10. The van der Waals surface area contributed by atoms with Crippen molar-refractivity contribution < 1.29 is 9.53 Å². The van der Waals surface area contributed by atoms with Crippen LogP contribution in [0.15, 0.2) is 72.1 Å². The van der Waals surface area contributed by atoms with Gasteiger partial charge < -0.3 is 4.74 Å². The van der Waals surface area contributed by atoms with Crippen LogP contribution in [0.3, 0.4) is 0 Å². The van der Waals surface area contributed by atoms with Gasteiger partial charge in [-0.2, -0.15) is 0 Å². The Morgan fingerprint density at radius 1 is 1.11 bits per heavy atom. The molecule has 0 fully saturated rings. The summed E-state index contributed by atoms with van der Waals surface area (Å²) in [5, 5.41) is 3.74. The van der Waals surface area contributed by atoms with Gasteiger partial charge in [-0.15, -0.1) is 11.3 Å². The number of amides is 1. The van der Waals surface area contributed by atoms with Crippen molar-refractivity contribution in [1.82, 2.24) is 10.4 Å². The molecule has 1 aromatic heterocycles. The van der Waals surface area contributed by atoms with Crippen molar-refractivity contribution in [3.63, 3.8) is 0 Å². The van der Waals surface area contributed by atoms with Gasteiger partial charge in [-0.3, -0.25) is 10.2 Å². The molecule has 3 aromatic rings. The Morgan fingerprint density at radius 2 is 1.93 bits per heavy atom. The SMILES string of the molecule is COc1ccc(C2=CC(c3cccs3)N(C(=O)c3cccc(C)c3)N2)cc1. The molecule has 2 heterocycles. The second kappa shape index (κ2) is 7.29. The number of aryl methyl sites for hydroxylation is 1. The van der Waals surface area contributed by atoms with Crippen molar-refractivity contribution >= 4 is 22.9 Å². The first-order valence-corrected chi connectivity index (χ1v) is 9.60. The van der Waals surface area contributed by atoms with Crippen LogP contribution in [0.25, 0.3) is 5.70 Å². The Morgan fingerprint density at radius 3 is 2.59 bits per heavy atom. The van der Waals surface area contributed by atoms with Crippen molar-refractivity contribution in [3.8, 4) is 5.75 Å². The minimum atomic E-state index is -0.143. The molecule has 0 radical (unpaired) electrons. The van der Waals surface area contributed by atoms with Gasteiger partial charge in [0.05, 0.1) is 12.8 Å². The molecule has 2 aromatic carbocycles. The zero-order valence-electron chi connectivity index (χ0n) is 15.2. The molecular formula is C22H20N2O2S. The summed E-state index contributed by atoms with van der Waals surface area (Å²) in [6.45, 7) is 1.99. The van der Waals surface area contributed by atoms with E-state index in [1.807, 2.05) is 66.9 Å². The van der Waals surface area contributed by atoms with Crippen molar-refractivity contribution in [1.29, 1.82) is 0 Å². The maximum atomic E-state index is 13.2. The van der Waals surface area contributed by atoms with Gasteiger partial charge >= 0.3 is 0 Å². The van der Waals surface area contributed by atoms with E-state index in [-0.39, 0.29) is 11.9 Å². The molecule has 4 rings (SSSR count). The van der Waals surface area contributed by atoms with E-state index in [2.05, 4.69) is 17.6 Å². The van der Waals surface area contributed by atoms with Gasteiger partial charge in [-0.05, 0) is 66.4 Å². The Balaban J connectivity index is 1.68. The molecule has 4 nitrogen and oxygen atoms in total. The lowest BCUT2D eigenvalue weighted by atomic mass is 10.1. The van der Waals surface area contributed by atoms with Crippen LogP contribution in [0.2, 0.25) is 0 Å². The molecule has 1 amide bonds. The highest BCUT2D eigenvalue weighted by Crippen LogP contribution is 2.34. The Bertz CT molecular complexity index is 978. The van der Waals surface area contributed by atoms with E-state index >= 15 is 0 Å². The maximum Gasteiger partial charge on any atom is 0.273 e. The minimum Gasteiger partial charge on any atom is -0.497 e. The van der Waals surface area contributed by atoms with E-state index in [9.17, 15) is 4.79 Å². The highest BCUT2D eigenvalue weighted by Gasteiger charge is 2.32. The zero-order chi connectivity index (χ0) is 18.8. The summed E-state index contributed by atoms with van der Waals surface area (Å²) in [5.41, 5.74) is 6.98. The van der Waals surface area contributed by atoms with Crippen molar-refractivity contribution in [2.75, 3.05) is 7.11 Å². The number of rotatable bonds is 4. The Hall–Kier alpha value is -3.05. The highest BCUT2D eigenvalue weighted by molar-refractivity contribution is 7.10. The molecule has 1 atom stereocenters. The van der Waals surface area contributed by atoms with Gasteiger partial charge in [0.15, 0.2) is 0 Å². The first-order chi connectivity index (χ1) is 13.2. The predicted octanol–water partition coefficient (Wildman–Crippen LogP) is 4.81. The van der Waals surface area contributed by atoms with Gasteiger partial charge in [0.1, 0.15) is 11.8 Å². The molecule has 27 heavy (non-hydrogen) atoms. The van der Waals surface area contributed by atoms with Crippen molar-refractivity contribution in [3.05, 3.63) is 93.7 Å². The molecule has 1 aliphatic rings. The van der Waals surface area contributed by atoms with E-state index in [4.69, 9.17) is 4.74 Å². The summed E-state index contributed by atoms with van der Waals surface area (Å²) in [6, 6.07) is 19.4. The fourth-order valence-corrected chi connectivity index (χ4v) is 3.95. The molecule has 0 aliphatic carbocycles. The standard InChI is InChI=1S/C22H20N2O2S/c1-15-5-3-6-17(13-15)22(25)24-20(21-7-4-12-27-21)14-19(23-24)16-8-10-18(26-2)11-9-16/h3-14,20,23H,1-2H3. The molecule has 0 bridgehead atoms. The van der Waals surface area contributed by atoms with Crippen LogP contribution in [0, 0.1) is 6.92 Å². The van der Waals surface area contributed by atoms with E-state index in [1.165, 1.54) is 0 Å². The van der Waals surface area contributed by atoms with Crippen LogP contribution < -0.4 is 10.2 Å². The van der Waals surface area contributed by atoms with E-state index in [0.717, 1.165) is 27.5 Å². The van der Waals surface area contributed by atoms with E-state index < -0.39 is 0 Å². The number of thiophene rings is 1. The third-order valence-electron chi connectivity index (χ3n) is 4.56. The van der Waals surface area contributed by atoms with Crippen molar-refractivity contribution in [2.45, 2.75) is 13.0 Å². The average molecular weight is 376 g/mol. The highest BCUT2D eigenvalue weighted by atomic mass is 32.1. The third kappa shape index (κ3) is 3.46. The fourth-order valence-electron chi connectivity index (χ4n) is 3.16. The van der Waals surface area contributed by atoms with E-state index in [1.54, 1.807) is 23.5 Å². The summed E-state index contributed by atoms with van der Waals surface area (Å²) < 4.78 is 5.24. The quantitative estimate of drug-likeness (QED) is 0.711.